The van der Waals surface area contributed by atoms with Crippen LogP contribution < -0.4 is 0 Å². The predicted molar refractivity (Wildman–Crippen MR) is 105 cm³/mol. The molecule has 0 bridgehead atoms. The minimum Gasteiger partial charge on any atom is -0.507 e. The van der Waals surface area contributed by atoms with Crippen LogP contribution in [0, 0.1) is 6.92 Å². The van der Waals surface area contributed by atoms with Gasteiger partial charge in [0.05, 0.1) is 11.3 Å². The Morgan fingerprint density at radius 3 is 2.65 bits per heavy atom. The fourth-order valence-corrected chi connectivity index (χ4v) is 2.80. The van der Waals surface area contributed by atoms with Gasteiger partial charge in [-0.25, -0.2) is 4.98 Å². The average Bonchev–Trinajstić information content (AvgIpc) is 3.08. The number of rotatable bonds is 3. The zero-order chi connectivity index (χ0) is 18.1. The lowest BCUT2D eigenvalue weighted by molar-refractivity contribution is 0.474. The van der Waals surface area contributed by atoms with Crippen molar-refractivity contribution in [3.63, 3.8) is 0 Å². The van der Waals surface area contributed by atoms with Crippen LogP contribution in [0.25, 0.3) is 22.6 Å². The average molecular weight is 363 g/mol. The number of halogens is 1. The molecule has 0 fully saturated rings. The molecule has 0 amide bonds. The lowest BCUT2D eigenvalue weighted by atomic mass is 10.1. The molecule has 3 aromatic carbocycles. The summed E-state index contributed by atoms with van der Waals surface area (Å²) >= 11 is 5.89. The van der Waals surface area contributed by atoms with Gasteiger partial charge in [0, 0.05) is 11.2 Å². The summed E-state index contributed by atoms with van der Waals surface area (Å²) < 4.78 is 5.81. The van der Waals surface area contributed by atoms with E-state index in [-0.39, 0.29) is 5.75 Å². The first-order chi connectivity index (χ1) is 12.6. The summed E-state index contributed by atoms with van der Waals surface area (Å²) in [6.07, 6.45) is 1.74. The van der Waals surface area contributed by atoms with Crippen LogP contribution in [-0.4, -0.2) is 16.3 Å². The van der Waals surface area contributed by atoms with Gasteiger partial charge in [0.15, 0.2) is 5.58 Å². The molecule has 0 saturated heterocycles. The first-order valence-corrected chi connectivity index (χ1v) is 8.47. The van der Waals surface area contributed by atoms with Crippen molar-refractivity contribution in [2.75, 3.05) is 0 Å². The summed E-state index contributed by atoms with van der Waals surface area (Å²) in [5.41, 5.74) is 4.62. The molecule has 1 aromatic heterocycles. The van der Waals surface area contributed by atoms with Crippen molar-refractivity contribution in [2.45, 2.75) is 6.92 Å². The van der Waals surface area contributed by atoms with Crippen LogP contribution in [0.5, 0.6) is 5.75 Å². The van der Waals surface area contributed by atoms with E-state index in [9.17, 15) is 5.11 Å². The maximum Gasteiger partial charge on any atom is 0.231 e. The highest BCUT2D eigenvalue weighted by Crippen LogP contribution is 2.34. The molecule has 4 nitrogen and oxygen atoms in total. The highest BCUT2D eigenvalue weighted by molar-refractivity contribution is 6.30. The Balaban J connectivity index is 1.71. The monoisotopic (exact) mass is 362 g/mol. The molecule has 0 aliphatic heterocycles. The Morgan fingerprint density at radius 1 is 1.08 bits per heavy atom. The van der Waals surface area contributed by atoms with Gasteiger partial charge >= 0.3 is 0 Å². The molecule has 0 saturated carbocycles. The van der Waals surface area contributed by atoms with Crippen LogP contribution in [-0.2, 0) is 0 Å². The minimum absolute atomic E-state index is 0.0969. The first-order valence-electron chi connectivity index (χ1n) is 8.09. The summed E-state index contributed by atoms with van der Waals surface area (Å²) in [7, 11) is 0. The van der Waals surface area contributed by atoms with Crippen molar-refractivity contribution in [3.05, 3.63) is 76.8 Å². The van der Waals surface area contributed by atoms with E-state index in [2.05, 4.69) is 9.98 Å². The number of phenolic OH excluding ortho intramolecular Hbond substituents is 1. The summed E-state index contributed by atoms with van der Waals surface area (Å²) in [4.78, 5) is 8.98. The number of para-hydroxylation sites is 1. The quantitative estimate of drug-likeness (QED) is 0.460. The smallest absolute Gasteiger partial charge is 0.231 e. The fraction of sp³-hybridized carbons (Fsp3) is 0.0476. The number of nitrogens with zero attached hydrogens (tertiary/aromatic N) is 2. The summed E-state index contributed by atoms with van der Waals surface area (Å²) in [5.74, 6) is 0.468. The third-order valence-corrected chi connectivity index (χ3v) is 4.32. The van der Waals surface area contributed by atoms with Gasteiger partial charge in [-0.15, -0.1) is 0 Å². The zero-order valence-corrected chi connectivity index (χ0v) is 14.7. The number of fused-ring (bicyclic) bond motifs is 1. The third kappa shape index (κ3) is 3.19. The van der Waals surface area contributed by atoms with Crippen molar-refractivity contribution < 1.29 is 9.52 Å². The van der Waals surface area contributed by atoms with Crippen LogP contribution in [0.2, 0.25) is 5.02 Å². The van der Waals surface area contributed by atoms with Gasteiger partial charge in [-0.05, 0) is 54.4 Å². The van der Waals surface area contributed by atoms with E-state index in [1.54, 1.807) is 24.4 Å². The number of aromatic nitrogens is 1. The van der Waals surface area contributed by atoms with Crippen LogP contribution in [0.15, 0.2) is 70.1 Å². The molecule has 1 N–H and O–H groups in total. The van der Waals surface area contributed by atoms with Crippen molar-refractivity contribution in [1.29, 1.82) is 0 Å². The Kier molecular flexibility index (Phi) is 4.19. The van der Waals surface area contributed by atoms with Crippen LogP contribution in [0.3, 0.4) is 0 Å². The third-order valence-electron chi connectivity index (χ3n) is 4.06. The van der Waals surface area contributed by atoms with Crippen molar-refractivity contribution in [2.24, 2.45) is 4.99 Å². The molecular formula is C21H15ClN2O2. The van der Waals surface area contributed by atoms with E-state index in [4.69, 9.17) is 16.0 Å². The van der Waals surface area contributed by atoms with E-state index in [1.165, 1.54) is 0 Å². The lowest BCUT2D eigenvalue weighted by Gasteiger charge is -2.02. The molecular weight excluding hydrogens is 348 g/mol. The molecule has 128 valence electrons. The van der Waals surface area contributed by atoms with Crippen LogP contribution >= 0.6 is 11.6 Å². The number of aromatic hydroxyl groups is 1. The van der Waals surface area contributed by atoms with E-state index >= 15 is 0 Å². The number of hydrogen-bond donors (Lipinski definition) is 1. The molecule has 0 aliphatic carbocycles. The Hall–Kier alpha value is -3.11. The molecule has 0 unspecified atom stereocenters. The van der Waals surface area contributed by atoms with Gasteiger partial charge in [0.1, 0.15) is 11.3 Å². The van der Waals surface area contributed by atoms with Crippen LogP contribution in [0.4, 0.5) is 5.69 Å². The highest BCUT2D eigenvalue weighted by atomic mass is 35.5. The maximum absolute atomic E-state index is 10.2. The Labute approximate surface area is 155 Å². The number of benzene rings is 3. The van der Waals surface area contributed by atoms with E-state index < -0.39 is 0 Å². The molecule has 4 rings (SSSR count). The summed E-state index contributed by atoms with van der Waals surface area (Å²) in [6, 6.07) is 18.2. The molecule has 4 aromatic rings. The van der Waals surface area contributed by atoms with Crippen molar-refractivity contribution >= 4 is 34.6 Å². The van der Waals surface area contributed by atoms with E-state index in [0.29, 0.717) is 27.7 Å². The van der Waals surface area contributed by atoms with Crippen molar-refractivity contribution in [1.82, 2.24) is 4.98 Å². The van der Waals surface area contributed by atoms with E-state index in [1.807, 2.05) is 49.4 Å². The number of aliphatic imine (C=N–C) groups is 1. The van der Waals surface area contributed by atoms with Gasteiger partial charge in [0.2, 0.25) is 5.89 Å². The van der Waals surface area contributed by atoms with Gasteiger partial charge in [-0.1, -0.05) is 35.9 Å². The SMILES string of the molecule is Cc1cccc2oc(-c3cc(N=Cc4ccc(Cl)cc4)ccc3O)nc12. The predicted octanol–water partition coefficient (Wildman–Crippen LogP) is 5.91. The Morgan fingerprint density at radius 2 is 1.88 bits per heavy atom. The zero-order valence-electron chi connectivity index (χ0n) is 14.0. The van der Waals surface area contributed by atoms with Crippen LogP contribution in [0.1, 0.15) is 11.1 Å². The molecule has 1 heterocycles. The fourth-order valence-electron chi connectivity index (χ4n) is 2.67. The standard InChI is InChI=1S/C21H15ClN2O2/c1-13-3-2-4-19-20(13)24-21(26-19)17-11-16(9-10-18(17)25)23-12-14-5-7-15(22)8-6-14/h2-12,25H,1H3. The van der Waals surface area contributed by atoms with Crippen molar-refractivity contribution in [3.8, 4) is 17.2 Å². The van der Waals surface area contributed by atoms with Gasteiger partial charge in [-0.2, -0.15) is 0 Å². The van der Waals surface area contributed by atoms with Gasteiger partial charge in [-0.3, -0.25) is 4.99 Å². The molecule has 0 atom stereocenters. The number of oxazole rings is 1. The second-order valence-electron chi connectivity index (χ2n) is 5.95. The normalized spacial score (nSPS) is 11.5. The molecule has 0 spiro atoms. The first kappa shape index (κ1) is 16.4. The summed E-state index contributed by atoms with van der Waals surface area (Å²) in [6.45, 7) is 1.97. The lowest BCUT2D eigenvalue weighted by Crippen LogP contribution is -1.82. The molecule has 26 heavy (non-hydrogen) atoms. The second-order valence-corrected chi connectivity index (χ2v) is 6.39. The topological polar surface area (TPSA) is 58.6 Å². The van der Waals surface area contributed by atoms with Gasteiger partial charge in [0.25, 0.3) is 0 Å². The second kappa shape index (κ2) is 6.65. The van der Waals surface area contributed by atoms with E-state index in [0.717, 1.165) is 16.6 Å². The number of hydrogen-bond acceptors (Lipinski definition) is 4. The molecule has 5 heteroatoms. The minimum atomic E-state index is 0.0969. The highest BCUT2D eigenvalue weighted by Gasteiger charge is 2.14. The largest absolute Gasteiger partial charge is 0.507 e. The summed E-state index contributed by atoms with van der Waals surface area (Å²) in [5, 5.41) is 10.9. The molecule has 0 aliphatic rings. The van der Waals surface area contributed by atoms with Gasteiger partial charge < -0.3 is 9.52 Å². The number of aryl methyl sites for hydroxylation is 1. The molecule has 0 radical (unpaired) electrons. The Bertz CT molecular complexity index is 1110. The number of phenols is 1. The maximum atomic E-state index is 10.2.